The normalized spacial score (nSPS) is 16.1. The first-order chi connectivity index (χ1) is 14.0. The summed E-state index contributed by atoms with van der Waals surface area (Å²) in [6.45, 7) is 2.77. The molecule has 1 fully saturated rings. The summed E-state index contributed by atoms with van der Waals surface area (Å²) in [5.74, 6) is 0.478. The third-order valence-electron chi connectivity index (χ3n) is 4.78. The molecule has 0 aromatic carbocycles. The number of carbonyl (C=O) groups excluding carboxylic acids is 1. The summed E-state index contributed by atoms with van der Waals surface area (Å²) >= 11 is 0. The number of guanidine groups is 1. The number of nitrogens with zero attached hydrogens (tertiary/aromatic N) is 4. The van der Waals surface area contributed by atoms with Crippen molar-refractivity contribution in [3.8, 4) is 0 Å². The van der Waals surface area contributed by atoms with Crippen molar-refractivity contribution in [1.29, 1.82) is 0 Å². The highest BCUT2D eigenvalue weighted by Gasteiger charge is 2.28. The number of methoxy groups -OCH3 is 1. The fourth-order valence-electron chi connectivity index (χ4n) is 3.15. The predicted molar refractivity (Wildman–Crippen MR) is 109 cm³/mol. The molecule has 0 saturated carbocycles. The van der Waals surface area contributed by atoms with Crippen LogP contribution in [0, 0.1) is 0 Å². The van der Waals surface area contributed by atoms with Crippen LogP contribution >= 0.6 is 0 Å². The number of carbonyl (C=O) groups is 1. The minimum Gasteiger partial charge on any atom is -0.469 e. The van der Waals surface area contributed by atoms with Crippen molar-refractivity contribution in [2.75, 3.05) is 46.9 Å². The van der Waals surface area contributed by atoms with Crippen molar-refractivity contribution in [3.05, 3.63) is 18.0 Å². The number of nitrogens with one attached hydrogen (secondary N) is 1. The maximum Gasteiger partial charge on any atom is 0.305 e. The molecule has 0 aliphatic carbocycles. The highest BCUT2D eigenvalue weighted by molar-refractivity contribution is 7.88. The minimum atomic E-state index is -3.41. The van der Waals surface area contributed by atoms with Gasteiger partial charge in [-0.1, -0.05) is 18.0 Å². The van der Waals surface area contributed by atoms with Gasteiger partial charge < -0.3 is 19.5 Å². The summed E-state index contributed by atoms with van der Waals surface area (Å²) in [6, 6.07) is 1.56. The Morgan fingerprint density at radius 1 is 1.24 bits per heavy atom. The number of sulfonamides is 1. The van der Waals surface area contributed by atoms with E-state index in [1.54, 1.807) is 13.1 Å². The topological polar surface area (TPSA) is 117 Å². The second kappa shape index (κ2) is 11.8. The molecule has 29 heavy (non-hydrogen) atoms. The molecule has 2 heterocycles. The molecule has 1 aliphatic rings. The van der Waals surface area contributed by atoms with Crippen LogP contribution in [0.4, 0.5) is 0 Å². The van der Waals surface area contributed by atoms with E-state index in [0.717, 1.165) is 38.2 Å². The number of ether oxygens (including phenoxy) is 1. The van der Waals surface area contributed by atoms with E-state index in [1.165, 1.54) is 17.7 Å². The van der Waals surface area contributed by atoms with E-state index in [2.05, 4.69) is 25.1 Å². The van der Waals surface area contributed by atoms with Crippen LogP contribution in [0.15, 0.2) is 21.8 Å². The average molecular weight is 430 g/mol. The summed E-state index contributed by atoms with van der Waals surface area (Å²) in [6.07, 6.45) is 5.66. The molecule has 11 heteroatoms. The molecule has 1 N–H and O–H groups in total. The van der Waals surface area contributed by atoms with Gasteiger partial charge in [0, 0.05) is 52.3 Å². The second-order valence-corrected chi connectivity index (χ2v) is 8.82. The second-order valence-electron chi connectivity index (χ2n) is 6.85. The molecular weight excluding hydrogens is 398 g/mol. The van der Waals surface area contributed by atoms with Gasteiger partial charge in [0.15, 0.2) is 5.96 Å². The van der Waals surface area contributed by atoms with Gasteiger partial charge in [-0.25, -0.2) is 8.42 Å². The smallest absolute Gasteiger partial charge is 0.305 e. The SMILES string of the molecule is CN=C(NCCCCCCC(=O)OC)N1CCN(S(=O)(=O)Cc2ccon2)CC1. The lowest BCUT2D eigenvalue weighted by Crippen LogP contribution is -2.54. The Hall–Kier alpha value is -2.14. The van der Waals surface area contributed by atoms with E-state index in [0.29, 0.717) is 38.3 Å². The van der Waals surface area contributed by atoms with Gasteiger partial charge in [-0.15, -0.1) is 0 Å². The number of rotatable bonds is 10. The summed E-state index contributed by atoms with van der Waals surface area (Å²) in [5, 5.41) is 7.02. The zero-order chi connectivity index (χ0) is 21.1. The molecule has 1 aromatic rings. The Balaban J connectivity index is 1.67. The lowest BCUT2D eigenvalue weighted by molar-refractivity contribution is -0.140. The minimum absolute atomic E-state index is 0.146. The van der Waals surface area contributed by atoms with Gasteiger partial charge in [-0.05, 0) is 12.8 Å². The zero-order valence-corrected chi connectivity index (χ0v) is 18.0. The van der Waals surface area contributed by atoms with Gasteiger partial charge >= 0.3 is 5.97 Å². The van der Waals surface area contributed by atoms with Crippen molar-refractivity contribution in [2.24, 2.45) is 4.99 Å². The lowest BCUT2D eigenvalue weighted by atomic mass is 10.1. The first kappa shape index (κ1) is 23.1. The van der Waals surface area contributed by atoms with Crippen LogP contribution in [0.25, 0.3) is 0 Å². The predicted octanol–water partition coefficient (Wildman–Crippen LogP) is 0.821. The van der Waals surface area contributed by atoms with Crippen LogP contribution < -0.4 is 5.32 Å². The Bertz CT molecular complexity index is 743. The van der Waals surface area contributed by atoms with Crippen LogP contribution in [0.5, 0.6) is 0 Å². The molecule has 0 bridgehead atoms. The Labute approximate surface area is 172 Å². The number of esters is 1. The molecule has 0 atom stereocenters. The van der Waals surface area contributed by atoms with E-state index in [9.17, 15) is 13.2 Å². The van der Waals surface area contributed by atoms with E-state index in [1.807, 2.05) is 0 Å². The Morgan fingerprint density at radius 3 is 2.59 bits per heavy atom. The quantitative estimate of drug-likeness (QED) is 0.251. The highest BCUT2D eigenvalue weighted by atomic mass is 32.2. The maximum absolute atomic E-state index is 12.5. The zero-order valence-electron chi connectivity index (χ0n) is 17.2. The van der Waals surface area contributed by atoms with E-state index >= 15 is 0 Å². The first-order valence-electron chi connectivity index (χ1n) is 9.85. The van der Waals surface area contributed by atoms with Crippen LogP contribution in [-0.2, 0) is 25.3 Å². The molecule has 2 rings (SSSR count). The standard InChI is InChI=1S/C18H31N5O5S/c1-19-18(20-9-6-4-3-5-7-17(24)27-2)22-10-12-23(13-11-22)29(25,26)15-16-8-14-28-21-16/h8,14H,3-7,9-13,15H2,1-2H3,(H,19,20). The molecule has 1 aliphatic heterocycles. The number of unbranched alkanes of at least 4 members (excludes halogenated alkanes) is 3. The summed E-state index contributed by atoms with van der Waals surface area (Å²) < 4.78 is 35.8. The fraction of sp³-hybridized carbons (Fsp3) is 0.722. The Kier molecular flexibility index (Phi) is 9.39. The number of aromatic nitrogens is 1. The molecule has 10 nitrogen and oxygen atoms in total. The molecule has 0 spiro atoms. The van der Waals surface area contributed by atoms with Crippen molar-refractivity contribution in [3.63, 3.8) is 0 Å². The summed E-state index contributed by atoms with van der Waals surface area (Å²) in [4.78, 5) is 17.4. The molecule has 1 saturated heterocycles. The van der Waals surface area contributed by atoms with Crippen molar-refractivity contribution < 1.29 is 22.5 Å². The van der Waals surface area contributed by atoms with Crippen molar-refractivity contribution in [2.45, 2.75) is 37.9 Å². The lowest BCUT2D eigenvalue weighted by Gasteiger charge is -2.35. The van der Waals surface area contributed by atoms with Gasteiger partial charge in [0.1, 0.15) is 12.0 Å². The maximum atomic E-state index is 12.5. The average Bonchev–Trinajstić information content (AvgIpc) is 3.22. The molecule has 0 radical (unpaired) electrons. The largest absolute Gasteiger partial charge is 0.469 e. The fourth-order valence-corrected chi connectivity index (χ4v) is 4.58. The van der Waals surface area contributed by atoms with Gasteiger partial charge in [0.05, 0.1) is 12.8 Å². The third kappa shape index (κ3) is 7.65. The van der Waals surface area contributed by atoms with Crippen molar-refractivity contribution >= 4 is 22.0 Å². The van der Waals surface area contributed by atoms with E-state index < -0.39 is 10.0 Å². The number of aliphatic imine (C=N–C) groups is 1. The monoisotopic (exact) mass is 429 g/mol. The molecule has 0 unspecified atom stereocenters. The van der Waals surface area contributed by atoms with E-state index in [-0.39, 0.29) is 11.7 Å². The highest BCUT2D eigenvalue weighted by Crippen LogP contribution is 2.13. The Morgan fingerprint density at radius 2 is 1.97 bits per heavy atom. The molecule has 0 amide bonds. The van der Waals surface area contributed by atoms with Gasteiger partial charge in [-0.2, -0.15) is 4.31 Å². The van der Waals surface area contributed by atoms with Gasteiger partial charge in [-0.3, -0.25) is 9.79 Å². The summed E-state index contributed by atoms with van der Waals surface area (Å²) in [7, 11) is -0.274. The van der Waals surface area contributed by atoms with Crippen LogP contribution in [0.2, 0.25) is 0 Å². The molecule has 164 valence electrons. The third-order valence-corrected chi connectivity index (χ3v) is 6.60. The van der Waals surface area contributed by atoms with E-state index in [4.69, 9.17) is 4.52 Å². The molecular formula is C18H31N5O5S. The van der Waals surface area contributed by atoms with Crippen molar-refractivity contribution in [1.82, 2.24) is 19.7 Å². The van der Waals surface area contributed by atoms with Gasteiger partial charge in [0.2, 0.25) is 10.0 Å². The van der Waals surface area contributed by atoms with Crippen LogP contribution in [-0.4, -0.2) is 81.6 Å². The van der Waals surface area contributed by atoms with Gasteiger partial charge in [0.25, 0.3) is 0 Å². The number of hydrogen-bond donors (Lipinski definition) is 1. The number of hydrogen-bond acceptors (Lipinski definition) is 7. The first-order valence-corrected chi connectivity index (χ1v) is 11.5. The number of piperazine rings is 1. The molecule has 1 aromatic heterocycles. The van der Waals surface area contributed by atoms with Crippen LogP contribution in [0.3, 0.4) is 0 Å². The van der Waals surface area contributed by atoms with Crippen LogP contribution in [0.1, 0.15) is 37.8 Å². The summed E-state index contributed by atoms with van der Waals surface area (Å²) in [5.41, 5.74) is 0.413.